The Kier molecular flexibility index (Phi) is 4.33. The number of carbonyl (C=O) groups is 1. The molecule has 108 valence electrons. The highest BCUT2D eigenvalue weighted by atomic mass is 32.1. The van der Waals surface area contributed by atoms with Crippen molar-refractivity contribution >= 4 is 28.8 Å². The van der Waals surface area contributed by atoms with Gasteiger partial charge in [0.1, 0.15) is 10.8 Å². The molecule has 0 bridgehead atoms. The lowest BCUT2D eigenvalue weighted by molar-refractivity contribution is 0.0992. The van der Waals surface area contributed by atoms with Gasteiger partial charge in [-0.3, -0.25) is 4.79 Å². The van der Waals surface area contributed by atoms with Gasteiger partial charge in [0.05, 0.1) is 0 Å². The number of thiocarbonyl (C=S) groups is 1. The monoisotopic (exact) mass is 302 g/mol. The molecule has 21 heavy (non-hydrogen) atoms. The number of hydrogen-bond acceptors (Lipinski definition) is 2. The maximum Gasteiger partial charge on any atom is 0.258 e. The molecule has 0 saturated carbocycles. The summed E-state index contributed by atoms with van der Waals surface area (Å²) in [5.41, 5.74) is 7.91. The second kappa shape index (κ2) is 6.01. The van der Waals surface area contributed by atoms with Crippen LogP contribution < -0.4 is 10.6 Å². The van der Waals surface area contributed by atoms with E-state index in [9.17, 15) is 9.18 Å². The zero-order valence-electron chi connectivity index (χ0n) is 11.8. The summed E-state index contributed by atoms with van der Waals surface area (Å²) < 4.78 is 13.4. The van der Waals surface area contributed by atoms with E-state index in [0.29, 0.717) is 22.4 Å². The van der Waals surface area contributed by atoms with Crippen molar-refractivity contribution in [3.8, 4) is 0 Å². The van der Waals surface area contributed by atoms with E-state index < -0.39 is 5.82 Å². The fourth-order valence-corrected chi connectivity index (χ4v) is 2.17. The first-order chi connectivity index (χ1) is 9.88. The summed E-state index contributed by atoms with van der Waals surface area (Å²) in [6, 6.07) is 11.3. The fourth-order valence-electron chi connectivity index (χ4n) is 2.04. The molecular formula is C16H15FN2OS. The largest absolute Gasteiger partial charge is 0.389 e. The maximum atomic E-state index is 13.4. The fraction of sp³-hybridized carbons (Fsp3) is 0.125. The van der Waals surface area contributed by atoms with E-state index in [2.05, 4.69) is 0 Å². The summed E-state index contributed by atoms with van der Waals surface area (Å²) in [5.74, 6) is -0.721. The molecule has 3 nitrogen and oxygen atoms in total. The van der Waals surface area contributed by atoms with Crippen LogP contribution in [0.25, 0.3) is 0 Å². The molecule has 0 heterocycles. The van der Waals surface area contributed by atoms with Gasteiger partial charge in [0.25, 0.3) is 5.91 Å². The van der Waals surface area contributed by atoms with Gasteiger partial charge in [-0.15, -0.1) is 0 Å². The molecular weight excluding hydrogens is 287 g/mol. The third-order valence-electron chi connectivity index (χ3n) is 3.11. The zero-order valence-corrected chi connectivity index (χ0v) is 12.6. The van der Waals surface area contributed by atoms with Crippen LogP contribution in [0.4, 0.5) is 10.1 Å². The van der Waals surface area contributed by atoms with Crippen LogP contribution in [0.15, 0.2) is 42.5 Å². The third kappa shape index (κ3) is 3.44. The molecule has 5 heteroatoms. The van der Waals surface area contributed by atoms with E-state index in [0.717, 1.165) is 0 Å². The topological polar surface area (TPSA) is 46.3 Å². The zero-order chi connectivity index (χ0) is 15.6. The summed E-state index contributed by atoms with van der Waals surface area (Å²) in [5, 5.41) is 0. The van der Waals surface area contributed by atoms with Gasteiger partial charge in [0, 0.05) is 23.9 Å². The number of rotatable bonds is 3. The second-order valence-corrected chi connectivity index (χ2v) is 5.24. The first-order valence-electron chi connectivity index (χ1n) is 6.33. The van der Waals surface area contributed by atoms with Gasteiger partial charge in [-0.1, -0.05) is 24.4 Å². The SMILES string of the molecule is Cc1cc(F)cc(C(=O)N(C)c2cccc(C(N)=S)c2)c1. The average Bonchev–Trinajstić information content (AvgIpc) is 2.44. The maximum absolute atomic E-state index is 13.4. The lowest BCUT2D eigenvalue weighted by Crippen LogP contribution is -2.26. The standard InChI is InChI=1S/C16H15FN2OS/c1-10-6-12(8-13(17)7-10)16(20)19(2)14-5-3-4-11(9-14)15(18)21/h3-9H,1-2H3,(H2,18,21). The van der Waals surface area contributed by atoms with Gasteiger partial charge in [0.2, 0.25) is 0 Å². The van der Waals surface area contributed by atoms with Crippen LogP contribution in [0.5, 0.6) is 0 Å². The van der Waals surface area contributed by atoms with Crippen molar-refractivity contribution in [2.75, 3.05) is 11.9 Å². The molecule has 0 aliphatic carbocycles. The van der Waals surface area contributed by atoms with Gasteiger partial charge in [0.15, 0.2) is 0 Å². The molecule has 0 aliphatic rings. The molecule has 2 aromatic carbocycles. The average molecular weight is 302 g/mol. The summed E-state index contributed by atoms with van der Waals surface area (Å²) in [6.07, 6.45) is 0. The number of benzene rings is 2. The highest BCUT2D eigenvalue weighted by Crippen LogP contribution is 2.18. The summed E-state index contributed by atoms with van der Waals surface area (Å²) >= 11 is 4.93. The minimum atomic E-state index is -0.427. The number of halogens is 1. The number of carbonyl (C=O) groups excluding carboxylic acids is 1. The Labute approximate surface area is 128 Å². The number of nitrogens with two attached hydrogens (primary N) is 1. The van der Waals surface area contributed by atoms with Crippen molar-refractivity contribution in [2.24, 2.45) is 5.73 Å². The van der Waals surface area contributed by atoms with Crippen molar-refractivity contribution in [3.63, 3.8) is 0 Å². The molecule has 0 fully saturated rings. The normalized spacial score (nSPS) is 10.2. The molecule has 0 aromatic heterocycles. The van der Waals surface area contributed by atoms with Crippen molar-refractivity contribution in [3.05, 3.63) is 65.0 Å². The Hall–Kier alpha value is -2.27. The summed E-state index contributed by atoms with van der Waals surface area (Å²) in [4.78, 5) is 14.1. The van der Waals surface area contributed by atoms with Crippen molar-refractivity contribution < 1.29 is 9.18 Å². The molecule has 1 amide bonds. The van der Waals surface area contributed by atoms with Crippen LogP contribution >= 0.6 is 12.2 Å². The minimum absolute atomic E-state index is 0.263. The lowest BCUT2D eigenvalue weighted by atomic mass is 10.1. The smallest absolute Gasteiger partial charge is 0.258 e. The number of nitrogens with zero attached hydrogens (tertiary/aromatic N) is 1. The van der Waals surface area contributed by atoms with Gasteiger partial charge in [-0.2, -0.15) is 0 Å². The van der Waals surface area contributed by atoms with Gasteiger partial charge in [-0.25, -0.2) is 4.39 Å². The van der Waals surface area contributed by atoms with Crippen molar-refractivity contribution in [1.29, 1.82) is 0 Å². The third-order valence-corrected chi connectivity index (χ3v) is 3.35. The quantitative estimate of drug-likeness (QED) is 0.886. The Morgan fingerprint density at radius 3 is 2.52 bits per heavy atom. The van der Waals surface area contributed by atoms with Crippen molar-refractivity contribution in [2.45, 2.75) is 6.92 Å². The number of aryl methyl sites for hydroxylation is 1. The first kappa shape index (κ1) is 15.1. The Balaban J connectivity index is 2.34. The van der Waals surface area contributed by atoms with Crippen LogP contribution in [0.2, 0.25) is 0 Å². The number of amides is 1. The van der Waals surface area contributed by atoms with E-state index in [1.165, 1.54) is 17.0 Å². The molecule has 0 saturated heterocycles. The van der Waals surface area contributed by atoms with Crippen molar-refractivity contribution in [1.82, 2.24) is 0 Å². The van der Waals surface area contributed by atoms with Crippen LogP contribution in [-0.4, -0.2) is 17.9 Å². The lowest BCUT2D eigenvalue weighted by Gasteiger charge is -2.18. The highest BCUT2D eigenvalue weighted by molar-refractivity contribution is 7.80. The Morgan fingerprint density at radius 1 is 1.19 bits per heavy atom. The molecule has 0 atom stereocenters. The molecule has 2 N–H and O–H groups in total. The van der Waals surface area contributed by atoms with Crippen LogP contribution in [0.3, 0.4) is 0 Å². The van der Waals surface area contributed by atoms with E-state index in [4.69, 9.17) is 18.0 Å². The van der Waals surface area contributed by atoms with Crippen LogP contribution in [0, 0.1) is 12.7 Å². The van der Waals surface area contributed by atoms with Gasteiger partial charge in [-0.05, 0) is 42.8 Å². The minimum Gasteiger partial charge on any atom is -0.389 e. The first-order valence-corrected chi connectivity index (χ1v) is 6.74. The Morgan fingerprint density at radius 2 is 1.90 bits per heavy atom. The van der Waals surface area contributed by atoms with Crippen LogP contribution in [0.1, 0.15) is 21.5 Å². The summed E-state index contributed by atoms with van der Waals surface area (Å²) in [7, 11) is 1.63. The predicted molar refractivity (Wildman–Crippen MR) is 86.2 cm³/mol. The van der Waals surface area contributed by atoms with E-state index in [-0.39, 0.29) is 10.9 Å². The van der Waals surface area contributed by atoms with Crippen LogP contribution in [-0.2, 0) is 0 Å². The predicted octanol–water partition coefficient (Wildman–Crippen LogP) is 3.04. The van der Waals surface area contributed by atoms with E-state index >= 15 is 0 Å². The molecule has 0 spiro atoms. The molecule has 0 aliphatic heterocycles. The highest BCUT2D eigenvalue weighted by Gasteiger charge is 2.15. The number of hydrogen-bond donors (Lipinski definition) is 1. The Bertz CT molecular complexity index is 695. The van der Waals surface area contributed by atoms with E-state index in [1.807, 2.05) is 0 Å². The molecule has 0 radical (unpaired) electrons. The molecule has 2 rings (SSSR count). The molecule has 0 unspecified atom stereocenters. The molecule has 2 aromatic rings. The second-order valence-electron chi connectivity index (χ2n) is 4.80. The number of anilines is 1. The van der Waals surface area contributed by atoms with E-state index in [1.54, 1.807) is 44.3 Å². The van der Waals surface area contributed by atoms with Gasteiger partial charge >= 0.3 is 0 Å². The summed E-state index contributed by atoms with van der Waals surface area (Å²) in [6.45, 7) is 1.74. The van der Waals surface area contributed by atoms with Gasteiger partial charge < -0.3 is 10.6 Å².